The first-order chi connectivity index (χ1) is 7.46. The van der Waals surface area contributed by atoms with Gasteiger partial charge in [-0.2, -0.15) is 11.8 Å². The highest BCUT2D eigenvalue weighted by Crippen LogP contribution is 2.22. The minimum absolute atomic E-state index is 0.245. The second kappa shape index (κ2) is 7.96. The molecular formula is C12H26N2OS. The highest BCUT2D eigenvalue weighted by Gasteiger charge is 2.31. The molecule has 0 aromatic rings. The van der Waals surface area contributed by atoms with E-state index in [1.54, 1.807) is 0 Å². The fourth-order valence-electron chi connectivity index (χ4n) is 1.61. The van der Waals surface area contributed by atoms with Crippen LogP contribution in [0.1, 0.15) is 47.0 Å². The summed E-state index contributed by atoms with van der Waals surface area (Å²) in [6, 6.07) is 0. The third-order valence-corrected chi connectivity index (χ3v) is 3.99. The number of amides is 1. The van der Waals surface area contributed by atoms with Crippen LogP contribution in [0.5, 0.6) is 0 Å². The number of thioether (sulfide) groups is 1. The second-order valence-electron chi connectivity index (χ2n) is 4.51. The van der Waals surface area contributed by atoms with E-state index in [9.17, 15) is 4.79 Å². The maximum absolute atomic E-state index is 11.5. The number of nitrogens with one attached hydrogen (secondary N) is 1. The molecule has 0 aliphatic carbocycles. The highest BCUT2D eigenvalue weighted by atomic mass is 32.2. The molecule has 96 valence electrons. The lowest BCUT2D eigenvalue weighted by atomic mass is 9.95. The summed E-state index contributed by atoms with van der Waals surface area (Å²) in [4.78, 5) is 11.5. The minimum atomic E-state index is -0.559. The molecule has 0 aromatic heterocycles. The van der Waals surface area contributed by atoms with Crippen molar-refractivity contribution in [3.63, 3.8) is 0 Å². The lowest BCUT2D eigenvalue weighted by molar-refractivity contribution is -0.124. The molecule has 0 fully saturated rings. The van der Waals surface area contributed by atoms with Crippen LogP contribution in [-0.2, 0) is 4.79 Å². The average Bonchev–Trinajstić information content (AvgIpc) is 2.23. The fraction of sp³-hybridized carbons (Fsp3) is 0.917. The van der Waals surface area contributed by atoms with Gasteiger partial charge in [0.15, 0.2) is 0 Å². The number of carbonyl (C=O) groups is 1. The molecule has 0 rings (SSSR count). The summed E-state index contributed by atoms with van der Waals surface area (Å²) < 4.78 is 0. The van der Waals surface area contributed by atoms with Gasteiger partial charge in [-0.3, -0.25) is 4.79 Å². The van der Waals surface area contributed by atoms with Gasteiger partial charge in [0.2, 0.25) is 5.91 Å². The molecule has 4 heteroatoms. The lowest BCUT2D eigenvalue weighted by Crippen LogP contribution is -2.54. The van der Waals surface area contributed by atoms with Crippen molar-refractivity contribution in [2.45, 2.75) is 57.7 Å². The molecule has 2 atom stereocenters. The van der Waals surface area contributed by atoms with Gasteiger partial charge in [-0.05, 0) is 38.5 Å². The summed E-state index contributed by atoms with van der Waals surface area (Å²) in [5.41, 5.74) is 4.92. The molecule has 16 heavy (non-hydrogen) atoms. The van der Waals surface area contributed by atoms with Crippen molar-refractivity contribution in [3.8, 4) is 0 Å². The van der Waals surface area contributed by atoms with Gasteiger partial charge in [0.1, 0.15) is 0 Å². The second-order valence-corrected chi connectivity index (χ2v) is 6.05. The topological polar surface area (TPSA) is 55.1 Å². The third kappa shape index (κ3) is 5.75. The van der Waals surface area contributed by atoms with E-state index < -0.39 is 5.54 Å². The SMILES string of the molecule is CCCNC(C)(CC(C)SCCC)C(N)=O. The molecule has 2 unspecified atom stereocenters. The Labute approximate surface area is 104 Å². The van der Waals surface area contributed by atoms with Gasteiger partial charge >= 0.3 is 0 Å². The molecule has 3 N–H and O–H groups in total. The first kappa shape index (κ1) is 15.8. The van der Waals surface area contributed by atoms with E-state index >= 15 is 0 Å². The van der Waals surface area contributed by atoms with Gasteiger partial charge in [-0.25, -0.2) is 0 Å². The Hall–Kier alpha value is -0.220. The largest absolute Gasteiger partial charge is 0.368 e. The number of carbonyl (C=O) groups excluding carboxylic acids is 1. The normalized spacial score (nSPS) is 16.8. The Bertz CT molecular complexity index is 211. The third-order valence-electron chi connectivity index (χ3n) is 2.61. The van der Waals surface area contributed by atoms with Crippen LogP contribution in [0.15, 0.2) is 0 Å². The van der Waals surface area contributed by atoms with Crippen molar-refractivity contribution in [1.82, 2.24) is 5.32 Å². The van der Waals surface area contributed by atoms with Crippen molar-refractivity contribution >= 4 is 17.7 Å². The van der Waals surface area contributed by atoms with E-state index in [0.717, 1.165) is 25.1 Å². The molecule has 0 bridgehead atoms. The Morgan fingerprint density at radius 2 is 2.06 bits per heavy atom. The molecule has 0 spiro atoms. The monoisotopic (exact) mass is 246 g/mol. The van der Waals surface area contributed by atoms with Gasteiger partial charge < -0.3 is 11.1 Å². The van der Waals surface area contributed by atoms with Gasteiger partial charge in [0.25, 0.3) is 0 Å². The summed E-state index contributed by atoms with van der Waals surface area (Å²) in [5.74, 6) is 0.897. The van der Waals surface area contributed by atoms with Crippen LogP contribution < -0.4 is 11.1 Å². The zero-order valence-corrected chi connectivity index (χ0v) is 11.8. The Morgan fingerprint density at radius 3 is 2.50 bits per heavy atom. The van der Waals surface area contributed by atoms with E-state index in [1.165, 1.54) is 6.42 Å². The first-order valence-corrected chi connectivity index (χ1v) is 7.17. The van der Waals surface area contributed by atoms with Crippen LogP contribution in [0.25, 0.3) is 0 Å². The smallest absolute Gasteiger partial charge is 0.237 e. The number of hydrogen-bond donors (Lipinski definition) is 2. The van der Waals surface area contributed by atoms with Gasteiger partial charge in [0.05, 0.1) is 5.54 Å². The molecule has 0 aromatic carbocycles. The predicted molar refractivity (Wildman–Crippen MR) is 72.7 cm³/mol. The van der Waals surface area contributed by atoms with Crippen LogP contribution in [0, 0.1) is 0 Å². The summed E-state index contributed by atoms with van der Waals surface area (Å²) in [7, 11) is 0. The average molecular weight is 246 g/mol. The van der Waals surface area contributed by atoms with Gasteiger partial charge in [-0.15, -0.1) is 0 Å². The molecule has 0 saturated carbocycles. The maximum atomic E-state index is 11.5. The van der Waals surface area contributed by atoms with Crippen LogP contribution >= 0.6 is 11.8 Å². The zero-order valence-electron chi connectivity index (χ0n) is 11.0. The number of rotatable bonds is 9. The summed E-state index contributed by atoms with van der Waals surface area (Å²) >= 11 is 1.91. The van der Waals surface area contributed by atoms with Gasteiger partial charge in [-0.1, -0.05) is 20.8 Å². The molecular weight excluding hydrogens is 220 g/mol. The molecule has 0 saturated heterocycles. The number of hydrogen-bond acceptors (Lipinski definition) is 3. The van der Waals surface area contributed by atoms with E-state index in [1.807, 2.05) is 18.7 Å². The first-order valence-electron chi connectivity index (χ1n) is 6.12. The molecule has 0 heterocycles. The van der Waals surface area contributed by atoms with Gasteiger partial charge in [0, 0.05) is 5.25 Å². The molecule has 0 aliphatic rings. The number of nitrogens with two attached hydrogens (primary N) is 1. The quantitative estimate of drug-likeness (QED) is 0.655. The van der Waals surface area contributed by atoms with Crippen molar-refractivity contribution in [2.24, 2.45) is 5.73 Å². The van der Waals surface area contributed by atoms with E-state index in [2.05, 4.69) is 26.1 Å². The summed E-state index contributed by atoms with van der Waals surface area (Å²) in [6.07, 6.45) is 2.98. The van der Waals surface area contributed by atoms with Crippen molar-refractivity contribution in [2.75, 3.05) is 12.3 Å². The molecule has 1 amide bonds. The van der Waals surface area contributed by atoms with Crippen molar-refractivity contribution in [1.29, 1.82) is 0 Å². The van der Waals surface area contributed by atoms with E-state index in [4.69, 9.17) is 5.73 Å². The Morgan fingerprint density at radius 1 is 1.44 bits per heavy atom. The van der Waals surface area contributed by atoms with E-state index in [-0.39, 0.29) is 5.91 Å². The van der Waals surface area contributed by atoms with Crippen LogP contribution in [-0.4, -0.2) is 29.0 Å². The molecule has 0 radical (unpaired) electrons. The number of primary amides is 1. The lowest BCUT2D eigenvalue weighted by Gasteiger charge is -2.30. The standard InChI is InChI=1S/C12H26N2OS/c1-5-7-14-12(4,11(13)15)9-10(3)16-8-6-2/h10,14H,5-9H2,1-4H3,(H2,13,15). The van der Waals surface area contributed by atoms with Crippen molar-refractivity contribution in [3.05, 3.63) is 0 Å². The minimum Gasteiger partial charge on any atom is -0.368 e. The summed E-state index contributed by atoms with van der Waals surface area (Å²) in [5, 5.41) is 3.72. The maximum Gasteiger partial charge on any atom is 0.237 e. The van der Waals surface area contributed by atoms with Crippen LogP contribution in [0.2, 0.25) is 0 Å². The zero-order chi connectivity index (χ0) is 12.6. The fourth-order valence-corrected chi connectivity index (χ4v) is 2.70. The molecule has 3 nitrogen and oxygen atoms in total. The Balaban J connectivity index is 4.25. The predicted octanol–water partition coefficient (Wildman–Crippen LogP) is 2.15. The Kier molecular flexibility index (Phi) is 7.85. The van der Waals surface area contributed by atoms with Crippen LogP contribution in [0.3, 0.4) is 0 Å². The molecule has 0 aliphatic heterocycles. The van der Waals surface area contributed by atoms with E-state index in [0.29, 0.717) is 5.25 Å². The summed E-state index contributed by atoms with van der Waals surface area (Å²) in [6.45, 7) is 9.17. The highest BCUT2D eigenvalue weighted by molar-refractivity contribution is 7.99. The van der Waals surface area contributed by atoms with Crippen molar-refractivity contribution < 1.29 is 4.79 Å². The van der Waals surface area contributed by atoms with Crippen LogP contribution in [0.4, 0.5) is 0 Å².